The van der Waals surface area contributed by atoms with Gasteiger partial charge in [0.05, 0.1) is 24.1 Å². The zero-order valence-corrected chi connectivity index (χ0v) is 22.7. The van der Waals surface area contributed by atoms with Gasteiger partial charge < -0.3 is 4.90 Å². The van der Waals surface area contributed by atoms with Gasteiger partial charge in [0.25, 0.3) is 0 Å². The molecule has 2 unspecified atom stereocenters. The minimum absolute atomic E-state index is 0.00857. The van der Waals surface area contributed by atoms with E-state index in [1.165, 1.54) is 27.9 Å². The van der Waals surface area contributed by atoms with Crippen molar-refractivity contribution >= 4 is 34.8 Å². The molecule has 3 aromatic rings. The molecule has 0 aliphatic carbocycles. The van der Waals surface area contributed by atoms with Gasteiger partial charge in [-0.05, 0) is 41.5 Å². The lowest BCUT2D eigenvalue weighted by molar-refractivity contribution is 0.333. The van der Waals surface area contributed by atoms with Gasteiger partial charge in [-0.2, -0.15) is 5.10 Å². The van der Waals surface area contributed by atoms with Gasteiger partial charge >= 0.3 is 0 Å². The molecule has 2 atom stereocenters. The Morgan fingerprint density at radius 2 is 1.58 bits per heavy atom. The summed E-state index contributed by atoms with van der Waals surface area (Å²) in [6, 6.07) is 17.2. The fourth-order valence-electron chi connectivity index (χ4n) is 3.78. The summed E-state index contributed by atoms with van der Waals surface area (Å²) in [6.45, 7) is 14.8. The Labute approximate surface area is 203 Å². The predicted octanol–water partition coefficient (Wildman–Crippen LogP) is 4.55. The van der Waals surface area contributed by atoms with Crippen molar-refractivity contribution < 1.29 is 0 Å². The standard InChI is InChI=1S/C13H14P2.C12H17N3O.C2H6/c14-12-5-1-3-10(8-12)7-11-4-2-6-13(15)9-11;1-4-5-14-6-7-15-12(10(14)3)9(2)11(16)8-13-15;1-2/h1-6,8-9H,7,14-15H2;8H,3-7H2,1-2H3;1-2H3. The zero-order chi connectivity index (χ0) is 24.4. The molecule has 0 fully saturated rings. The largest absolute Gasteiger partial charge is 0.368 e. The van der Waals surface area contributed by atoms with Crippen LogP contribution in [-0.4, -0.2) is 27.8 Å². The van der Waals surface area contributed by atoms with Crippen molar-refractivity contribution in [3.8, 4) is 0 Å². The van der Waals surface area contributed by atoms with Crippen molar-refractivity contribution in [2.24, 2.45) is 0 Å². The van der Waals surface area contributed by atoms with E-state index >= 15 is 0 Å². The summed E-state index contributed by atoms with van der Waals surface area (Å²) in [5, 5.41) is 6.63. The van der Waals surface area contributed by atoms with Crippen molar-refractivity contribution in [3.05, 3.63) is 93.9 Å². The van der Waals surface area contributed by atoms with Crippen LogP contribution in [0.15, 0.2) is 66.1 Å². The van der Waals surface area contributed by atoms with Gasteiger partial charge in [0.1, 0.15) is 0 Å². The normalized spacial score (nSPS) is 12.2. The lowest BCUT2D eigenvalue weighted by atomic mass is 10.1. The molecule has 4 nitrogen and oxygen atoms in total. The van der Waals surface area contributed by atoms with E-state index in [0.717, 1.165) is 49.4 Å². The average Bonchev–Trinajstić information content (AvgIpc) is 2.80. The van der Waals surface area contributed by atoms with E-state index in [1.807, 2.05) is 25.5 Å². The second-order valence-electron chi connectivity index (χ2n) is 7.81. The van der Waals surface area contributed by atoms with E-state index in [0.29, 0.717) is 0 Å². The van der Waals surface area contributed by atoms with Crippen LogP contribution in [0.25, 0.3) is 5.70 Å². The minimum atomic E-state index is -0.00857. The van der Waals surface area contributed by atoms with E-state index < -0.39 is 0 Å². The molecule has 1 aromatic heterocycles. The molecule has 176 valence electrons. The Hall–Kier alpha value is -2.28. The van der Waals surface area contributed by atoms with Crippen LogP contribution in [0.5, 0.6) is 0 Å². The van der Waals surface area contributed by atoms with E-state index in [2.05, 4.69) is 90.5 Å². The molecule has 0 spiro atoms. The maximum Gasteiger partial charge on any atom is 0.203 e. The molecule has 0 N–H and O–H groups in total. The number of aromatic nitrogens is 2. The van der Waals surface area contributed by atoms with Crippen molar-refractivity contribution in [3.63, 3.8) is 0 Å². The summed E-state index contributed by atoms with van der Waals surface area (Å²) in [5.74, 6) is 0. The van der Waals surface area contributed by atoms with Gasteiger partial charge in [0.15, 0.2) is 0 Å². The van der Waals surface area contributed by atoms with Crippen LogP contribution >= 0.6 is 18.5 Å². The van der Waals surface area contributed by atoms with E-state index in [9.17, 15) is 4.79 Å². The number of hydrogen-bond acceptors (Lipinski definition) is 3. The van der Waals surface area contributed by atoms with Crippen LogP contribution in [0.2, 0.25) is 0 Å². The van der Waals surface area contributed by atoms with Crippen molar-refractivity contribution in [2.75, 3.05) is 13.1 Å². The summed E-state index contributed by atoms with van der Waals surface area (Å²) in [5.41, 5.74) is 5.28. The highest BCUT2D eigenvalue weighted by Gasteiger charge is 2.21. The molecule has 33 heavy (non-hydrogen) atoms. The summed E-state index contributed by atoms with van der Waals surface area (Å²) < 4.78 is 1.88. The average molecular weight is 482 g/mol. The van der Waals surface area contributed by atoms with Crippen molar-refractivity contribution in [1.29, 1.82) is 0 Å². The fourth-order valence-corrected chi connectivity index (χ4v) is 4.43. The van der Waals surface area contributed by atoms with Crippen molar-refractivity contribution in [2.45, 2.75) is 47.1 Å². The van der Waals surface area contributed by atoms with Gasteiger partial charge in [-0.15, -0.1) is 18.5 Å². The fraction of sp³-hybridized carbons (Fsp3) is 0.333. The molecule has 6 heteroatoms. The molecule has 2 aromatic carbocycles. The van der Waals surface area contributed by atoms with Gasteiger partial charge in [-0.1, -0.05) is 75.9 Å². The van der Waals surface area contributed by atoms with Gasteiger partial charge in [0, 0.05) is 18.7 Å². The second kappa shape index (κ2) is 13.4. The first-order valence-corrected chi connectivity index (χ1v) is 12.7. The van der Waals surface area contributed by atoms with Crippen LogP contribution in [0.3, 0.4) is 0 Å². The lowest BCUT2D eigenvalue weighted by Crippen LogP contribution is -2.36. The quantitative estimate of drug-likeness (QED) is 0.513. The highest BCUT2D eigenvalue weighted by Crippen LogP contribution is 2.22. The van der Waals surface area contributed by atoms with Crippen molar-refractivity contribution in [1.82, 2.24) is 14.7 Å². The highest BCUT2D eigenvalue weighted by atomic mass is 31.0. The third kappa shape index (κ3) is 7.63. The minimum Gasteiger partial charge on any atom is -0.368 e. The summed E-state index contributed by atoms with van der Waals surface area (Å²) >= 11 is 0. The Balaban J connectivity index is 0.000000218. The van der Waals surface area contributed by atoms with E-state index in [-0.39, 0.29) is 5.43 Å². The van der Waals surface area contributed by atoms with Crippen LogP contribution in [0, 0.1) is 6.92 Å². The molecule has 0 saturated carbocycles. The third-order valence-electron chi connectivity index (χ3n) is 5.34. The molecule has 0 radical (unpaired) electrons. The molecule has 4 rings (SSSR count). The zero-order valence-electron chi connectivity index (χ0n) is 20.3. The second-order valence-corrected chi connectivity index (χ2v) is 9.14. The molecular weight excluding hydrogens is 444 g/mol. The molecular formula is C27H37N3OP2. The molecule has 1 aliphatic heterocycles. The Kier molecular flexibility index (Phi) is 11.0. The SMILES string of the molecule is C=C1c2c(C)c(=O)cnn2CCN1CCC.CC.Pc1cccc(Cc2cccc(P)c2)c1. The van der Waals surface area contributed by atoms with Gasteiger partial charge in [0.2, 0.25) is 5.43 Å². The maximum absolute atomic E-state index is 11.6. The number of nitrogens with zero attached hydrogens (tertiary/aromatic N) is 3. The van der Waals surface area contributed by atoms with Crippen LogP contribution < -0.4 is 16.0 Å². The van der Waals surface area contributed by atoms with E-state index in [1.54, 1.807) is 0 Å². The molecule has 2 heterocycles. The van der Waals surface area contributed by atoms with Gasteiger partial charge in [-0.3, -0.25) is 9.48 Å². The van der Waals surface area contributed by atoms with Crippen LogP contribution in [-0.2, 0) is 13.0 Å². The Morgan fingerprint density at radius 1 is 1.00 bits per heavy atom. The molecule has 0 amide bonds. The summed E-state index contributed by atoms with van der Waals surface area (Å²) in [4.78, 5) is 13.8. The first kappa shape index (κ1) is 27.0. The molecule has 0 saturated heterocycles. The topological polar surface area (TPSA) is 38.1 Å². The summed E-state index contributed by atoms with van der Waals surface area (Å²) in [6.07, 6.45) is 3.48. The first-order valence-electron chi connectivity index (χ1n) is 11.6. The Bertz CT molecular complexity index is 1080. The monoisotopic (exact) mass is 481 g/mol. The summed E-state index contributed by atoms with van der Waals surface area (Å²) in [7, 11) is 5.47. The number of rotatable bonds is 4. The smallest absolute Gasteiger partial charge is 0.203 e. The third-order valence-corrected chi connectivity index (χ3v) is 6.06. The van der Waals surface area contributed by atoms with Crippen LogP contribution in [0.4, 0.5) is 0 Å². The maximum atomic E-state index is 11.6. The predicted molar refractivity (Wildman–Crippen MR) is 150 cm³/mol. The van der Waals surface area contributed by atoms with E-state index in [4.69, 9.17) is 0 Å². The number of fused-ring (bicyclic) bond motifs is 1. The number of hydrogen-bond donors (Lipinski definition) is 0. The lowest BCUT2D eigenvalue weighted by Gasteiger charge is -2.33. The molecule has 1 aliphatic rings. The first-order chi connectivity index (χ1) is 15.9. The van der Waals surface area contributed by atoms with Crippen LogP contribution in [0.1, 0.15) is 49.6 Å². The van der Waals surface area contributed by atoms with Gasteiger partial charge in [-0.25, -0.2) is 0 Å². The number of benzene rings is 2. The Morgan fingerprint density at radius 3 is 2.09 bits per heavy atom. The highest BCUT2D eigenvalue weighted by molar-refractivity contribution is 7.27. The molecule has 0 bridgehead atoms.